The lowest BCUT2D eigenvalue weighted by Gasteiger charge is -2.05. The predicted octanol–water partition coefficient (Wildman–Crippen LogP) is 12.3. The van der Waals surface area contributed by atoms with Crippen LogP contribution < -0.4 is 0 Å². The van der Waals surface area contributed by atoms with E-state index in [0.717, 1.165) is 0 Å². The highest BCUT2D eigenvalue weighted by Crippen LogP contribution is 2.17. The van der Waals surface area contributed by atoms with Crippen LogP contribution in [0.3, 0.4) is 0 Å². The largest absolute Gasteiger partial charge is 0.478 e. The van der Waals surface area contributed by atoms with Gasteiger partial charge in [-0.3, -0.25) is 0 Å². The summed E-state index contributed by atoms with van der Waals surface area (Å²) >= 11 is 0. The number of aliphatic hydroxyl groups is 1. The molecule has 0 aromatic rings. The fourth-order valence-corrected chi connectivity index (χ4v) is 5.30. The quantitative estimate of drug-likeness (QED) is 0.318. The van der Waals surface area contributed by atoms with Gasteiger partial charge >= 0.3 is 5.97 Å². The van der Waals surface area contributed by atoms with Gasteiger partial charge in [0, 0.05) is 12.2 Å². The summed E-state index contributed by atoms with van der Waals surface area (Å²) in [6.45, 7) is 6.53. The summed E-state index contributed by atoms with van der Waals surface area (Å²) in [7, 11) is 0. The molecule has 0 aliphatic heterocycles. The highest BCUT2D eigenvalue weighted by atomic mass is 16.4. The maximum atomic E-state index is 9.60. The Labute approximate surface area is 246 Å². The van der Waals surface area contributed by atoms with Crippen molar-refractivity contribution in [2.75, 3.05) is 6.61 Å². The summed E-state index contributed by atoms with van der Waals surface area (Å²) in [6, 6.07) is 0. The Kier molecular flexibility index (Phi) is 38.4. The van der Waals surface area contributed by atoms with Crippen molar-refractivity contribution in [3.05, 3.63) is 12.2 Å². The zero-order valence-corrected chi connectivity index (χ0v) is 26.9. The summed E-state index contributed by atoms with van der Waals surface area (Å²) in [6.07, 6.45) is 45.0. The van der Waals surface area contributed by atoms with Crippen LogP contribution in [0.25, 0.3) is 0 Å². The molecule has 0 bridgehead atoms. The molecule has 0 aromatic carbocycles. The van der Waals surface area contributed by atoms with Crippen LogP contribution in [0, 0.1) is 0 Å². The molecular weight excluding hydrogens is 480 g/mol. The lowest BCUT2D eigenvalue weighted by atomic mass is 10.0. The van der Waals surface area contributed by atoms with Crippen LogP contribution in [-0.2, 0) is 4.79 Å². The summed E-state index contributed by atoms with van der Waals surface area (Å²) in [4.78, 5) is 9.60. The Morgan fingerprint density at radius 1 is 0.436 bits per heavy atom. The molecule has 3 heteroatoms. The Morgan fingerprint density at radius 2 is 0.487 bits per heavy atom. The standard InChI is InChI=1S/3C10H20.C4H6O2.C2H6O/c3*1-2-4-6-8-10-9-7-5-3-1;1-3(2)4(5)6;1-2-3/h3*1-10H2;1H2,2H3,(H,5,6);3H,2H2,1H3. The van der Waals surface area contributed by atoms with E-state index in [0.29, 0.717) is 0 Å². The first-order chi connectivity index (χ1) is 19.1. The topological polar surface area (TPSA) is 57.5 Å². The second-order valence-electron chi connectivity index (χ2n) is 12.0. The van der Waals surface area contributed by atoms with Gasteiger partial charge in [0.25, 0.3) is 0 Å². The SMILES string of the molecule is C1CCCCCCCCC1.C1CCCCCCCCC1.C1CCCCCCCCC1.C=C(C)C(=O)O.CCO. The number of carboxylic acid groups (broad SMARTS) is 1. The van der Waals surface area contributed by atoms with Gasteiger partial charge in [-0.05, 0) is 13.8 Å². The molecule has 3 aliphatic carbocycles. The molecule has 39 heavy (non-hydrogen) atoms. The summed E-state index contributed by atoms with van der Waals surface area (Å²) in [5.41, 5.74) is 0.176. The summed E-state index contributed by atoms with van der Waals surface area (Å²) < 4.78 is 0. The third-order valence-corrected chi connectivity index (χ3v) is 7.87. The number of aliphatic carboxylic acids is 1. The van der Waals surface area contributed by atoms with Crippen LogP contribution in [0.5, 0.6) is 0 Å². The molecule has 0 saturated heterocycles. The number of carboxylic acids is 1. The molecule has 3 fully saturated rings. The van der Waals surface area contributed by atoms with Crippen LogP contribution in [0.2, 0.25) is 0 Å². The number of hydrogen-bond acceptors (Lipinski definition) is 2. The molecule has 0 heterocycles. The molecule has 0 aromatic heterocycles. The number of carbonyl (C=O) groups is 1. The van der Waals surface area contributed by atoms with E-state index in [2.05, 4.69) is 6.58 Å². The fraction of sp³-hybridized carbons (Fsp3) is 0.917. The lowest BCUT2D eigenvalue weighted by molar-refractivity contribution is -0.132. The van der Waals surface area contributed by atoms with E-state index in [1.54, 1.807) is 6.92 Å². The molecule has 2 N–H and O–H groups in total. The highest BCUT2D eigenvalue weighted by Gasteiger charge is 1.98. The van der Waals surface area contributed by atoms with Crippen LogP contribution in [-0.4, -0.2) is 22.8 Å². The van der Waals surface area contributed by atoms with Crippen molar-refractivity contribution < 1.29 is 15.0 Å². The maximum absolute atomic E-state index is 9.60. The van der Waals surface area contributed by atoms with E-state index < -0.39 is 5.97 Å². The van der Waals surface area contributed by atoms with Gasteiger partial charge < -0.3 is 10.2 Å². The zero-order chi connectivity index (χ0) is 29.1. The monoisotopic (exact) mass is 553 g/mol. The first kappa shape index (κ1) is 40.3. The van der Waals surface area contributed by atoms with Crippen molar-refractivity contribution in [1.29, 1.82) is 0 Å². The van der Waals surface area contributed by atoms with Crippen molar-refractivity contribution in [3.8, 4) is 0 Å². The minimum atomic E-state index is -0.935. The molecule has 0 radical (unpaired) electrons. The van der Waals surface area contributed by atoms with Gasteiger partial charge in [-0.25, -0.2) is 4.79 Å². The average Bonchev–Trinajstić information content (AvgIpc) is 2.95. The van der Waals surface area contributed by atoms with Crippen LogP contribution in [0.1, 0.15) is 206 Å². The van der Waals surface area contributed by atoms with Crippen LogP contribution >= 0.6 is 0 Å². The summed E-state index contributed by atoms with van der Waals surface area (Å²) in [5, 5.41) is 15.5. The van der Waals surface area contributed by atoms with E-state index in [-0.39, 0.29) is 12.2 Å². The third-order valence-electron chi connectivity index (χ3n) is 7.87. The molecule has 3 saturated carbocycles. The molecule has 0 spiro atoms. The van der Waals surface area contributed by atoms with Crippen molar-refractivity contribution >= 4 is 5.97 Å². The highest BCUT2D eigenvalue weighted by molar-refractivity contribution is 5.84. The van der Waals surface area contributed by atoms with Gasteiger partial charge in [-0.2, -0.15) is 0 Å². The molecular formula is C36H72O3. The number of aliphatic hydroxyl groups excluding tert-OH is 1. The first-order valence-corrected chi connectivity index (χ1v) is 17.6. The molecule has 234 valence electrons. The lowest BCUT2D eigenvalue weighted by Crippen LogP contribution is -1.92. The van der Waals surface area contributed by atoms with Crippen LogP contribution in [0.15, 0.2) is 12.2 Å². The first-order valence-electron chi connectivity index (χ1n) is 17.6. The second kappa shape index (κ2) is 37.2. The van der Waals surface area contributed by atoms with E-state index >= 15 is 0 Å². The smallest absolute Gasteiger partial charge is 0.330 e. The Bertz CT molecular complexity index is 315. The van der Waals surface area contributed by atoms with Crippen molar-refractivity contribution in [2.24, 2.45) is 0 Å². The predicted molar refractivity (Wildman–Crippen MR) is 174 cm³/mol. The van der Waals surface area contributed by atoms with Crippen molar-refractivity contribution in [3.63, 3.8) is 0 Å². The molecule has 3 rings (SSSR count). The van der Waals surface area contributed by atoms with Gasteiger partial charge in [0.1, 0.15) is 0 Å². The van der Waals surface area contributed by atoms with Crippen LogP contribution in [0.4, 0.5) is 0 Å². The van der Waals surface area contributed by atoms with E-state index in [1.807, 2.05) is 0 Å². The molecule has 0 unspecified atom stereocenters. The van der Waals surface area contributed by atoms with Gasteiger partial charge in [-0.1, -0.05) is 199 Å². The van der Waals surface area contributed by atoms with E-state index in [4.69, 9.17) is 10.2 Å². The van der Waals surface area contributed by atoms with E-state index in [9.17, 15) is 4.79 Å². The maximum Gasteiger partial charge on any atom is 0.330 e. The number of hydrogen-bond donors (Lipinski definition) is 2. The molecule has 0 atom stereocenters. The molecule has 3 aliphatic rings. The average molecular weight is 553 g/mol. The molecule has 0 amide bonds. The normalized spacial score (nSPS) is 20.1. The fourth-order valence-electron chi connectivity index (χ4n) is 5.30. The summed E-state index contributed by atoms with van der Waals surface area (Å²) in [5.74, 6) is -0.935. The Balaban J connectivity index is 0. The minimum Gasteiger partial charge on any atom is -0.478 e. The zero-order valence-electron chi connectivity index (χ0n) is 26.9. The Morgan fingerprint density at radius 3 is 0.513 bits per heavy atom. The third kappa shape index (κ3) is 41.8. The van der Waals surface area contributed by atoms with Gasteiger partial charge in [0.05, 0.1) is 0 Å². The Hall–Kier alpha value is -0.830. The van der Waals surface area contributed by atoms with Gasteiger partial charge in [-0.15, -0.1) is 0 Å². The van der Waals surface area contributed by atoms with Crippen molar-refractivity contribution in [1.82, 2.24) is 0 Å². The molecule has 3 nitrogen and oxygen atoms in total. The number of rotatable bonds is 1. The van der Waals surface area contributed by atoms with Gasteiger partial charge in [0.15, 0.2) is 0 Å². The van der Waals surface area contributed by atoms with E-state index in [1.165, 1.54) is 200 Å². The van der Waals surface area contributed by atoms with Gasteiger partial charge in [0.2, 0.25) is 0 Å². The second-order valence-corrected chi connectivity index (χ2v) is 12.0. The minimum absolute atomic E-state index is 0.176. The van der Waals surface area contributed by atoms with Crippen molar-refractivity contribution in [2.45, 2.75) is 206 Å².